The third kappa shape index (κ3) is 2.58. The smallest absolute Gasteiger partial charge is 0.205 e. The number of alkyl halides is 2. The predicted octanol–water partition coefficient (Wildman–Crippen LogP) is 4.02. The van der Waals surface area contributed by atoms with Gasteiger partial charge in [-0.3, -0.25) is 0 Å². The molecule has 0 saturated carbocycles. The molecule has 1 rings (SSSR count). The van der Waals surface area contributed by atoms with Gasteiger partial charge in [-0.25, -0.2) is 17.6 Å². The second kappa shape index (κ2) is 4.96. The lowest BCUT2D eigenvalue weighted by Gasteiger charge is -2.06. The number of allylic oxidation sites excluding steroid dienone is 2. The third-order valence-electron chi connectivity index (χ3n) is 2.00. The van der Waals surface area contributed by atoms with Crippen molar-refractivity contribution in [3.05, 3.63) is 47.0 Å². The summed E-state index contributed by atoms with van der Waals surface area (Å²) in [7, 11) is 0. The van der Waals surface area contributed by atoms with Crippen LogP contribution in [0.2, 0.25) is 0 Å². The molecule has 15 heavy (non-hydrogen) atoms. The van der Waals surface area contributed by atoms with Crippen LogP contribution >= 0.6 is 0 Å². The second-order valence-corrected chi connectivity index (χ2v) is 3.02. The van der Waals surface area contributed by atoms with Gasteiger partial charge in [0.1, 0.15) is 0 Å². The monoisotopic (exact) mass is 218 g/mol. The molecule has 0 fully saturated rings. The van der Waals surface area contributed by atoms with Crippen LogP contribution in [0.5, 0.6) is 0 Å². The summed E-state index contributed by atoms with van der Waals surface area (Å²) in [6.07, 6.45) is 0.511. The van der Waals surface area contributed by atoms with E-state index in [-0.39, 0.29) is 12.0 Å². The molecule has 0 radical (unpaired) electrons. The van der Waals surface area contributed by atoms with E-state index in [1.807, 2.05) is 0 Å². The summed E-state index contributed by atoms with van der Waals surface area (Å²) in [5.41, 5.74) is -0.813. The van der Waals surface area contributed by atoms with Crippen LogP contribution < -0.4 is 0 Å². The first-order chi connectivity index (χ1) is 7.07. The Morgan fingerprint density at radius 1 is 1.20 bits per heavy atom. The lowest BCUT2D eigenvalue weighted by atomic mass is 10.1. The summed E-state index contributed by atoms with van der Waals surface area (Å²) in [6, 6.07) is 2.10. The van der Waals surface area contributed by atoms with Gasteiger partial charge in [-0.2, -0.15) is 0 Å². The molecule has 0 amide bonds. The third-order valence-corrected chi connectivity index (χ3v) is 2.00. The van der Waals surface area contributed by atoms with Crippen LogP contribution in [0.15, 0.2) is 24.3 Å². The first-order valence-corrected chi connectivity index (χ1v) is 4.44. The molecule has 0 atom stereocenters. The van der Waals surface area contributed by atoms with E-state index < -0.39 is 23.6 Å². The maximum Gasteiger partial charge on any atom is 0.266 e. The molecule has 0 aliphatic rings. The van der Waals surface area contributed by atoms with E-state index in [1.54, 1.807) is 19.1 Å². The van der Waals surface area contributed by atoms with Gasteiger partial charge in [-0.15, -0.1) is 0 Å². The van der Waals surface area contributed by atoms with Crippen LogP contribution in [0.4, 0.5) is 17.6 Å². The van der Waals surface area contributed by atoms with Gasteiger partial charge in [0.2, 0.25) is 0 Å². The van der Waals surface area contributed by atoms with E-state index in [4.69, 9.17) is 0 Å². The molecule has 0 bridgehead atoms. The fourth-order valence-electron chi connectivity index (χ4n) is 1.18. The summed E-state index contributed by atoms with van der Waals surface area (Å²) in [6.45, 7) is 1.74. The van der Waals surface area contributed by atoms with Crippen molar-refractivity contribution in [2.24, 2.45) is 0 Å². The van der Waals surface area contributed by atoms with Crippen LogP contribution in [0, 0.1) is 11.6 Å². The highest BCUT2D eigenvalue weighted by atomic mass is 19.3. The van der Waals surface area contributed by atoms with Crippen molar-refractivity contribution in [3.8, 4) is 0 Å². The molecule has 82 valence electrons. The molecular formula is C11H10F4. The fraction of sp³-hybridized carbons (Fsp3) is 0.273. The number of benzene rings is 1. The molecule has 1 aromatic rings. The fourth-order valence-corrected chi connectivity index (χ4v) is 1.18. The minimum Gasteiger partial charge on any atom is -0.205 e. The van der Waals surface area contributed by atoms with Gasteiger partial charge in [-0.1, -0.05) is 18.2 Å². The molecule has 1 aromatic carbocycles. The maximum absolute atomic E-state index is 13.2. The maximum atomic E-state index is 13.2. The van der Waals surface area contributed by atoms with E-state index in [9.17, 15) is 17.6 Å². The molecule has 0 aliphatic heterocycles. The minimum absolute atomic E-state index is 0.0787. The highest BCUT2D eigenvalue weighted by Crippen LogP contribution is 2.25. The minimum atomic E-state index is -2.99. The van der Waals surface area contributed by atoms with Gasteiger partial charge in [0.05, 0.1) is 5.56 Å². The molecule has 0 N–H and O–H groups in total. The summed E-state index contributed by atoms with van der Waals surface area (Å²) in [5.74, 6) is -2.64. The van der Waals surface area contributed by atoms with Crippen molar-refractivity contribution in [2.45, 2.75) is 19.8 Å². The Bertz CT molecular complexity index is 369. The number of rotatable bonds is 3. The average Bonchev–Trinajstić information content (AvgIpc) is 2.20. The summed E-state index contributed by atoms with van der Waals surface area (Å²) >= 11 is 0. The topological polar surface area (TPSA) is 0 Å². The van der Waals surface area contributed by atoms with Crippen LogP contribution in [0.25, 0.3) is 0 Å². The Labute approximate surface area is 85.2 Å². The average molecular weight is 218 g/mol. The van der Waals surface area contributed by atoms with E-state index in [1.165, 1.54) is 6.07 Å². The van der Waals surface area contributed by atoms with Crippen LogP contribution in [0.3, 0.4) is 0 Å². The Kier molecular flexibility index (Phi) is 3.88. The molecule has 4 heteroatoms. The molecule has 0 unspecified atom stereocenters. The largest absolute Gasteiger partial charge is 0.266 e. The second-order valence-electron chi connectivity index (χ2n) is 3.02. The van der Waals surface area contributed by atoms with Gasteiger partial charge in [0, 0.05) is 0 Å². The van der Waals surface area contributed by atoms with E-state index in [0.717, 1.165) is 6.07 Å². The normalized spacial score (nSPS) is 11.6. The van der Waals surface area contributed by atoms with E-state index >= 15 is 0 Å². The zero-order chi connectivity index (χ0) is 11.4. The highest BCUT2D eigenvalue weighted by molar-refractivity contribution is 5.28. The number of hydrogen-bond acceptors (Lipinski definition) is 0. The number of hydrogen-bond donors (Lipinski definition) is 0. The Morgan fingerprint density at radius 2 is 1.87 bits per heavy atom. The first kappa shape index (κ1) is 11.8. The number of halogens is 4. The van der Waals surface area contributed by atoms with Crippen molar-refractivity contribution in [3.63, 3.8) is 0 Å². The lowest BCUT2D eigenvalue weighted by Crippen LogP contribution is -1.99. The molecule has 0 aliphatic carbocycles. The zero-order valence-corrected chi connectivity index (χ0v) is 8.11. The van der Waals surface area contributed by atoms with Crippen molar-refractivity contribution in [1.82, 2.24) is 0 Å². The van der Waals surface area contributed by atoms with Gasteiger partial charge in [-0.05, 0) is 25.0 Å². The van der Waals surface area contributed by atoms with Crippen LogP contribution in [-0.4, -0.2) is 0 Å². The summed E-state index contributed by atoms with van der Waals surface area (Å²) in [4.78, 5) is 0. The SMILES string of the molecule is CC=CCc1ccc(C(F)F)c(F)c1F. The van der Waals surface area contributed by atoms with Gasteiger partial charge in [0.25, 0.3) is 6.43 Å². The van der Waals surface area contributed by atoms with E-state index in [0.29, 0.717) is 0 Å². The lowest BCUT2D eigenvalue weighted by molar-refractivity contribution is 0.145. The molecule has 0 heterocycles. The molecule has 0 saturated heterocycles. The molecule has 0 nitrogen and oxygen atoms in total. The quantitative estimate of drug-likeness (QED) is 0.531. The van der Waals surface area contributed by atoms with Gasteiger partial charge < -0.3 is 0 Å². The standard InChI is InChI=1S/C11H10F4/c1-2-3-4-7-5-6-8(11(14)15)10(13)9(7)12/h2-3,5-6,11H,4H2,1H3. The molecular weight excluding hydrogens is 208 g/mol. The van der Waals surface area contributed by atoms with Crippen molar-refractivity contribution < 1.29 is 17.6 Å². The Hall–Kier alpha value is -1.32. The van der Waals surface area contributed by atoms with Gasteiger partial charge in [0.15, 0.2) is 11.6 Å². The van der Waals surface area contributed by atoms with Crippen molar-refractivity contribution in [2.75, 3.05) is 0 Å². The highest BCUT2D eigenvalue weighted by Gasteiger charge is 2.18. The van der Waals surface area contributed by atoms with Gasteiger partial charge >= 0.3 is 0 Å². The summed E-state index contributed by atoms with van der Waals surface area (Å²) < 4.78 is 50.6. The molecule has 0 spiro atoms. The zero-order valence-electron chi connectivity index (χ0n) is 8.11. The first-order valence-electron chi connectivity index (χ1n) is 4.44. The van der Waals surface area contributed by atoms with Crippen molar-refractivity contribution >= 4 is 0 Å². The summed E-state index contributed by atoms with van der Waals surface area (Å²) in [5, 5.41) is 0. The Balaban J connectivity index is 3.09. The van der Waals surface area contributed by atoms with Crippen molar-refractivity contribution in [1.29, 1.82) is 0 Å². The van der Waals surface area contributed by atoms with Crippen LogP contribution in [-0.2, 0) is 6.42 Å². The van der Waals surface area contributed by atoms with E-state index in [2.05, 4.69) is 0 Å². The predicted molar refractivity (Wildman–Crippen MR) is 49.8 cm³/mol. The Morgan fingerprint density at radius 3 is 2.40 bits per heavy atom. The van der Waals surface area contributed by atoms with Crippen LogP contribution in [0.1, 0.15) is 24.5 Å². The molecule has 0 aromatic heterocycles.